The van der Waals surface area contributed by atoms with E-state index in [9.17, 15) is 9.59 Å². The summed E-state index contributed by atoms with van der Waals surface area (Å²) in [4.78, 5) is 30.0. The van der Waals surface area contributed by atoms with E-state index in [1.807, 2.05) is 24.3 Å². The van der Waals surface area contributed by atoms with Gasteiger partial charge in [-0.05, 0) is 30.5 Å². The highest BCUT2D eigenvalue weighted by Crippen LogP contribution is 2.30. The van der Waals surface area contributed by atoms with Gasteiger partial charge in [0.2, 0.25) is 5.91 Å². The molecule has 27 heavy (non-hydrogen) atoms. The van der Waals surface area contributed by atoms with Gasteiger partial charge in [0, 0.05) is 6.54 Å². The fourth-order valence-corrected chi connectivity index (χ4v) is 3.78. The van der Waals surface area contributed by atoms with Crippen LogP contribution in [0.2, 0.25) is 5.02 Å². The average molecular weight is 402 g/mol. The van der Waals surface area contributed by atoms with E-state index in [0.717, 1.165) is 12.8 Å². The zero-order valence-corrected chi connectivity index (χ0v) is 16.3. The van der Waals surface area contributed by atoms with Gasteiger partial charge in [0.05, 0.1) is 16.5 Å². The molecule has 2 amide bonds. The van der Waals surface area contributed by atoms with Gasteiger partial charge >= 0.3 is 0 Å². The van der Waals surface area contributed by atoms with Crippen molar-refractivity contribution in [1.29, 1.82) is 0 Å². The summed E-state index contributed by atoms with van der Waals surface area (Å²) in [5, 5.41) is 3.89. The first-order chi connectivity index (χ1) is 13.1. The van der Waals surface area contributed by atoms with Crippen molar-refractivity contribution in [2.45, 2.75) is 12.8 Å². The molecule has 0 fully saturated rings. The molecule has 0 atom stereocenters. The third-order valence-corrected chi connectivity index (χ3v) is 5.32. The van der Waals surface area contributed by atoms with Gasteiger partial charge in [0.15, 0.2) is 5.17 Å². The van der Waals surface area contributed by atoms with Crippen molar-refractivity contribution in [3.63, 3.8) is 0 Å². The number of aryl methyl sites for hydroxylation is 1. The molecule has 3 rings (SSSR count). The number of amidine groups is 1. The number of anilines is 1. The van der Waals surface area contributed by atoms with Crippen molar-refractivity contribution in [3.8, 4) is 0 Å². The van der Waals surface area contributed by atoms with Crippen molar-refractivity contribution >= 4 is 46.0 Å². The van der Waals surface area contributed by atoms with Crippen LogP contribution in [-0.2, 0) is 16.0 Å². The molecule has 0 unspecified atom stereocenters. The summed E-state index contributed by atoms with van der Waals surface area (Å²) >= 11 is 7.44. The molecule has 2 aromatic carbocycles. The molecular formula is C20H20ClN3O2S. The normalized spacial score (nSPS) is 13.6. The largest absolute Gasteiger partial charge is 0.355 e. The Morgan fingerprint density at radius 2 is 1.89 bits per heavy atom. The smallest absolute Gasteiger partial charge is 0.254 e. The third-order valence-electron chi connectivity index (χ3n) is 4.02. The minimum atomic E-state index is -0.145. The van der Waals surface area contributed by atoms with Gasteiger partial charge in [0.1, 0.15) is 6.54 Å². The Labute approximate surface area is 167 Å². The summed E-state index contributed by atoms with van der Waals surface area (Å²) in [6.07, 6.45) is 1.81. The zero-order chi connectivity index (χ0) is 19.1. The molecule has 0 radical (unpaired) electrons. The van der Waals surface area contributed by atoms with E-state index in [1.54, 1.807) is 18.2 Å². The Kier molecular flexibility index (Phi) is 6.90. The molecule has 0 aliphatic carbocycles. The van der Waals surface area contributed by atoms with Gasteiger partial charge in [-0.15, -0.1) is 0 Å². The summed E-state index contributed by atoms with van der Waals surface area (Å²) in [5.74, 6) is -0.0126. The summed E-state index contributed by atoms with van der Waals surface area (Å²) in [6, 6.07) is 17.3. The Bertz CT molecular complexity index is 842. The lowest BCUT2D eigenvalue weighted by Gasteiger charge is -2.19. The first kappa shape index (κ1) is 19.5. The van der Waals surface area contributed by atoms with Crippen LogP contribution in [0.1, 0.15) is 12.0 Å². The number of carbonyl (C=O) groups is 2. The fraction of sp³-hybridized carbons (Fsp3) is 0.250. The molecule has 2 aromatic rings. The van der Waals surface area contributed by atoms with Crippen LogP contribution in [-0.4, -0.2) is 35.8 Å². The summed E-state index contributed by atoms with van der Waals surface area (Å²) in [7, 11) is 0. The maximum Gasteiger partial charge on any atom is 0.254 e. The molecule has 0 spiro atoms. The third kappa shape index (κ3) is 5.34. The number of halogens is 1. The number of nitrogens with zero attached hydrogens (tertiary/aromatic N) is 2. The van der Waals surface area contributed by atoms with Gasteiger partial charge < -0.3 is 5.32 Å². The topological polar surface area (TPSA) is 61.8 Å². The Morgan fingerprint density at radius 3 is 2.67 bits per heavy atom. The molecule has 0 aromatic heterocycles. The monoisotopic (exact) mass is 401 g/mol. The summed E-state index contributed by atoms with van der Waals surface area (Å²) < 4.78 is 0. The van der Waals surface area contributed by atoms with Gasteiger partial charge in [-0.25, -0.2) is 0 Å². The Morgan fingerprint density at radius 1 is 1.15 bits per heavy atom. The molecule has 0 saturated heterocycles. The van der Waals surface area contributed by atoms with Crippen LogP contribution in [0.3, 0.4) is 0 Å². The van der Waals surface area contributed by atoms with Crippen molar-refractivity contribution < 1.29 is 9.59 Å². The number of benzene rings is 2. The molecular weight excluding hydrogens is 382 g/mol. The molecule has 1 N–H and O–H groups in total. The highest BCUT2D eigenvalue weighted by atomic mass is 35.5. The van der Waals surface area contributed by atoms with E-state index in [-0.39, 0.29) is 24.1 Å². The number of hydrogen-bond donors (Lipinski definition) is 1. The highest BCUT2D eigenvalue weighted by Gasteiger charge is 2.29. The molecule has 1 aliphatic heterocycles. The van der Waals surface area contributed by atoms with Gasteiger partial charge in [-0.2, -0.15) is 0 Å². The molecule has 5 nitrogen and oxygen atoms in total. The Hall–Kier alpha value is -2.31. The van der Waals surface area contributed by atoms with Crippen LogP contribution in [0.25, 0.3) is 0 Å². The minimum absolute atomic E-state index is 0.0748. The SMILES string of the molecule is O=C(CSC1=NCC(=O)N1c1ccccc1Cl)NCCCc1ccccc1. The number of aliphatic imine (C=N–C) groups is 1. The van der Waals surface area contributed by atoms with Crippen molar-refractivity contribution in [3.05, 3.63) is 65.2 Å². The zero-order valence-electron chi connectivity index (χ0n) is 14.7. The van der Waals surface area contributed by atoms with Gasteiger partial charge in [-0.1, -0.05) is 65.8 Å². The summed E-state index contributed by atoms with van der Waals surface area (Å²) in [5.41, 5.74) is 1.85. The lowest BCUT2D eigenvalue weighted by molar-refractivity contribution is -0.118. The van der Waals surface area contributed by atoms with Crippen molar-refractivity contribution in [2.75, 3.05) is 23.7 Å². The maximum atomic E-state index is 12.2. The van der Waals surface area contributed by atoms with Crippen LogP contribution < -0.4 is 10.2 Å². The summed E-state index contributed by atoms with van der Waals surface area (Å²) in [6.45, 7) is 0.695. The number of thioether (sulfide) groups is 1. The van der Waals surface area contributed by atoms with E-state index in [2.05, 4.69) is 22.4 Å². The van der Waals surface area contributed by atoms with Gasteiger partial charge in [-0.3, -0.25) is 19.5 Å². The van der Waals surface area contributed by atoms with Crippen LogP contribution in [0.5, 0.6) is 0 Å². The van der Waals surface area contributed by atoms with Crippen molar-refractivity contribution in [2.24, 2.45) is 4.99 Å². The molecule has 1 heterocycles. The number of para-hydroxylation sites is 1. The second-order valence-corrected chi connectivity index (χ2v) is 7.36. The quantitative estimate of drug-likeness (QED) is 0.722. The van der Waals surface area contributed by atoms with Crippen LogP contribution in [0.15, 0.2) is 59.6 Å². The average Bonchev–Trinajstić information content (AvgIpc) is 3.05. The predicted molar refractivity (Wildman–Crippen MR) is 111 cm³/mol. The van der Waals surface area contributed by atoms with Crippen LogP contribution >= 0.6 is 23.4 Å². The first-order valence-corrected chi connectivity index (χ1v) is 10.1. The maximum absolute atomic E-state index is 12.2. The van der Waals surface area contributed by atoms with Crippen molar-refractivity contribution in [1.82, 2.24) is 5.32 Å². The van der Waals surface area contributed by atoms with E-state index < -0.39 is 0 Å². The molecule has 7 heteroatoms. The minimum Gasteiger partial charge on any atom is -0.355 e. The molecule has 1 aliphatic rings. The fourth-order valence-electron chi connectivity index (χ4n) is 2.71. The number of amides is 2. The lowest BCUT2D eigenvalue weighted by Crippen LogP contribution is -2.33. The number of carbonyl (C=O) groups excluding carboxylic acids is 2. The second-order valence-electron chi connectivity index (χ2n) is 6.01. The highest BCUT2D eigenvalue weighted by molar-refractivity contribution is 8.14. The van der Waals surface area contributed by atoms with E-state index in [4.69, 9.17) is 11.6 Å². The van der Waals surface area contributed by atoms with E-state index >= 15 is 0 Å². The molecule has 0 saturated carbocycles. The van der Waals surface area contributed by atoms with E-state index in [1.165, 1.54) is 22.2 Å². The standard InChI is InChI=1S/C20H20ClN3O2S/c21-16-10-4-5-11-17(16)24-19(26)13-23-20(24)27-14-18(25)22-12-6-9-15-7-2-1-3-8-15/h1-5,7-8,10-11H,6,9,12-14H2,(H,22,25). The lowest BCUT2D eigenvalue weighted by atomic mass is 10.1. The first-order valence-electron chi connectivity index (χ1n) is 8.70. The molecule has 0 bridgehead atoms. The Balaban J connectivity index is 1.45. The van der Waals surface area contributed by atoms with Gasteiger partial charge in [0.25, 0.3) is 5.91 Å². The number of rotatable bonds is 7. The molecule has 140 valence electrons. The predicted octanol–water partition coefficient (Wildman–Crippen LogP) is 3.52. The van der Waals surface area contributed by atoms with Crippen LogP contribution in [0.4, 0.5) is 5.69 Å². The second kappa shape index (κ2) is 9.58. The number of nitrogens with one attached hydrogen (secondary N) is 1. The van der Waals surface area contributed by atoms with Crippen LogP contribution in [0, 0.1) is 0 Å². The van der Waals surface area contributed by atoms with E-state index in [0.29, 0.717) is 22.4 Å². The number of hydrogen-bond acceptors (Lipinski definition) is 4.